The van der Waals surface area contributed by atoms with Gasteiger partial charge >= 0.3 is 5.97 Å². The topological polar surface area (TPSA) is 89.5 Å². The van der Waals surface area contributed by atoms with Gasteiger partial charge in [-0.05, 0) is 24.6 Å². The number of hydrogen-bond donors (Lipinski definition) is 1. The quantitative estimate of drug-likeness (QED) is 0.646. The molecule has 2 aromatic rings. The Hall–Kier alpha value is -2.41. The van der Waals surface area contributed by atoms with Crippen molar-refractivity contribution in [3.8, 4) is 0 Å². The molecule has 0 bridgehead atoms. The summed E-state index contributed by atoms with van der Waals surface area (Å²) in [6, 6.07) is 4.70. The van der Waals surface area contributed by atoms with Gasteiger partial charge in [0, 0.05) is 18.0 Å². The first-order valence-corrected chi connectivity index (χ1v) is 8.40. The summed E-state index contributed by atoms with van der Waals surface area (Å²) in [6.45, 7) is 3.96. The molecule has 2 unspecified atom stereocenters. The van der Waals surface area contributed by atoms with Crippen LogP contribution in [0.4, 0.5) is 0 Å². The molecule has 0 saturated heterocycles. The van der Waals surface area contributed by atoms with Crippen molar-refractivity contribution in [2.45, 2.75) is 23.8 Å². The molecule has 2 atom stereocenters. The fourth-order valence-corrected chi connectivity index (χ4v) is 3.92. The van der Waals surface area contributed by atoms with Gasteiger partial charge in [0.15, 0.2) is 5.76 Å². The Labute approximate surface area is 134 Å². The van der Waals surface area contributed by atoms with Crippen molar-refractivity contribution in [2.75, 3.05) is 5.75 Å². The van der Waals surface area contributed by atoms with Crippen LogP contribution in [0.3, 0.4) is 0 Å². The van der Waals surface area contributed by atoms with Gasteiger partial charge in [0.05, 0.1) is 27.9 Å². The minimum absolute atomic E-state index is 0.140. The number of furan rings is 1. The molecule has 3 heterocycles. The van der Waals surface area contributed by atoms with Crippen LogP contribution in [-0.4, -0.2) is 31.4 Å². The predicted molar refractivity (Wildman–Crippen MR) is 83.0 cm³/mol. The van der Waals surface area contributed by atoms with E-state index in [9.17, 15) is 18.9 Å². The predicted octanol–water partition coefficient (Wildman–Crippen LogP) is 2.18. The standard InChI is InChI=1S/C16H15NO5S/c1-2-8-23(21)13-9-11-10(16(19)20)5-6-17(11)14(13)15(18)12-4-3-7-22-12/h2-4,7,9-10H,1,5-6,8H2,(H,19,20). The van der Waals surface area contributed by atoms with Crippen LogP contribution in [0, 0.1) is 0 Å². The average molecular weight is 333 g/mol. The smallest absolute Gasteiger partial charge is 0.312 e. The molecule has 3 rings (SSSR count). The number of fused-ring (bicyclic) bond motifs is 1. The van der Waals surface area contributed by atoms with Crippen LogP contribution in [-0.2, 0) is 22.1 Å². The summed E-state index contributed by atoms with van der Waals surface area (Å²) < 4.78 is 19.2. The van der Waals surface area contributed by atoms with Gasteiger partial charge in [-0.15, -0.1) is 6.58 Å². The number of carboxylic acid groups (broad SMARTS) is 1. The summed E-state index contributed by atoms with van der Waals surface area (Å²) in [7, 11) is -1.46. The van der Waals surface area contributed by atoms with Gasteiger partial charge in [-0.1, -0.05) is 6.08 Å². The highest BCUT2D eigenvalue weighted by Crippen LogP contribution is 2.35. The molecule has 0 aliphatic carbocycles. The molecule has 2 aromatic heterocycles. The minimum Gasteiger partial charge on any atom is -0.481 e. The van der Waals surface area contributed by atoms with Crippen molar-refractivity contribution >= 4 is 22.6 Å². The van der Waals surface area contributed by atoms with E-state index < -0.39 is 22.7 Å². The highest BCUT2D eigenvalue weighted by molar-refractivity contribution is 7.85. The molecule has 0 aromatic carbocycles. The third-order valence-corrected chi connectivity index (χ3v) is 5.21. The van der Waals surface area contributed by atoms with E-state index in [1.165, 1.54) is 18.4 Å². The van der Waals surface area contributed by atoms with Crippen molar-refractivity contribution in [1.29, 1.82) is 0 Å². The maximum absolute atomic E-state index is 12.7. The van der Waals surface area contributed by atoms with Crippen molar-refractivity contribution in [3.63, 3.8) is 0 Å². The van der Waals surface area contributed by atoms with E-state index in [0.29, 0.717) is 23.6 Å². The van der Waals surface area contributed by atoms with Gasteiger partial charge in [0.25, 0.3) is 0 Å². The number of nitrogens with zero attached hydrogens (tertiary/aromatic N) is 1. The summed E-state index contributed by atoms with van der Waals surface area (Å²) in [6.07, 6.45) is 3.31. The number of aliphatic carboxylic acids is 1. The fraction of sp³-hybridized carbons (Fsp3) is 0.250. The molecule has 0 radical (unpaired) electrons. The first kappa shape index (κ1) is 15.5. The van der Waals surface area contributed by atoms with Gasteiger partial charge in [-0.3, -0.25) is 13.8 Å². The highest BCUT2D eigenvalue weighted by Gasteiger charge is 2.36. The summed E-state index contributed by atoms with van der Waals surface area (Å²) in [5.74, 6) is -1.69. The number of aromatic nitrogens is 1. The normalized spacial score (nSPS) is 17.7. The van der Waals surface area contributed by atoms with Crippen LogP contribution in [0.2, 0.25) is 0 Å². The Bertz CT molecular complexity index is 803. The maximum atomic E-state index is 12.7. The number of rotatable bonds is 6. The van der Waals surface area contributed by atoms with Crippen LogP contribution >= 0.6 is 0 Å². The van der Waals surface area contributed by atoms with Crippen LogP contribution in [0.5, 0.6) is 0 Å². The molecule has 0 saturated carbocycles. The second-order valence-corrected chi connectivity index (χ2v) is 6.68. The lowest BCUT2D eigenvalue weighted by Crippen LogP contribution is -2.12. The third-order valence-electron chi connectivity index (χ3n) is 3.87. The van der Waals surface area contributed by atoms with E-state index in [2.05, 4.69) is 6.58 Å². The Morgan fingerprint density at radius 1 is 1.52 bits per heavy atom. The third kappa shape index (κ3) is 2.57. The minimum atomic E-state index is -1.46. The van der Waals surface area contributed by atoms with Crippen molar-refractivity contribution in [1.82, 2.24) is 4.57 Å². The molecule has 0 fully saturated rings. The second-order valence-electron chi connectivity index (χ2n) is 5.22. The van der Waals surface area contributed by atoms with Crippen molar-refractivity contribution in [3.05, 3.63) is 54.3 Å². The van der Waals surface area contributed by atoms with Gasteiger partial charge in [-0.2, -0.15) is 0 Å². The Balaban J connectivity index is 2.14. The molecule has 6 nitrogen and oxygen atoms in total. The zero-order valence-corrected chi connectivity index (χ0v) is 13.0. The second kappa shape index (κ2) is 6.00. The van der Waals surface area contributed by atoms with Gasteiger partial charge < -0.3 is 14.1 Å². The molecule has 7 heteroatoms. The number of carbonyl (C=O) groups excluding carboxylic acids is 1. The van der Waals surface area contributed by atoms with Crippen LogP contribution in [0.15, 0.2) is 46.4 Å². The van der Waals surface area contributed by atoms with Gasteiger partial charge in [0.2, 0.25) is 5.78 Å². The zero-order chi connectivity index (χ0) is 16.6. The van der Waals surface area contributed by atoms with E-state index in [1.54, 1.807) is 16.7 Å². The molecular weight excluding hydrogens is 318 g/mol. The van der Waals surface area contributed by atoms with Crippen molar-refractivity contribution in [2.24, 2.45) is 0 Å². The number of carboxylic acids is 1. The van der Waals surface area contributed by atoms with E-state index in [4.69, 9.17) is 4.42 Å². The van der Waals surface area contributed by atoms with E-state index in [-0.39, 0.29) is 23.0 Å². The lowest BCUT2D eigenvalue weighted by Gasteiger charge is -2.06. The van der Waals surface area contributed by atoms with Crippen LogP contribution < -0.4 is 0 Å². The van der Waals surface area contributed by atoms with Crippen LogP contribution in [0.25, 0.3) is 0 Å². The monoisotopic (exact) mass is 333 g/mol. The molecule has 1 aliphatic heterocycles. The SMILES string of the molecule is C=CCS(=O)c1cc2n(c1C(=O)c1ccco1)CCC2C(=O)O. The van der Waals surface area contributed by atoms with E-state index >= 15 is 0 Å². The zero-order valence-electron chi connectivity index (χ0n) is 12.2. The Morgan fingerprint density at radius 3 is 2.91 bits per heavy atom. The molecule has 0 spiro atoms. The van der Waals surface area contributed by atoms with Gasteiger partial charge in [0.1, 0.15) is 5.69 Å². The molecule has 1 aliphatic rings. The summed E-state index contributed by atoms with van der Waals surface area (Å²) >= 11 is 0. The molecule has 1 N–H and O–H groups in total. The average Bonchev–Trinajstić information content (AvgIpc) is 3.22. The van der Waals surface area contributed by atoms with Crippen molar-refractivity contribution < 1.29 is 23.3 Å². The maximum Gasteiger partial charge on any atom is 0.312 e. The molecule has 120 valence electrons. The highest BCUT2D eigenvalue weighted by atomic mass is 32.2. The first-order chi connectivity index (χ1) is 11.0. The number of ketones is 1. The number of carbonyl (C=O) groups is 2. The molecule has 0 amide bonds. The summed E-state index contributed by atoms with van der Waals surface area (Å²) in [5, 5.41) is 9.32. The fourth-order valence-electron chi connectivity index (χ4n) is 2.86. The van der Waals surface area contributed by atoms with Crippen LogP contribution in [0.1, 0.15) is 34.3 Å². The largest absolute Gasteiger partial charge is 0.481 e. The lowest BCUT2D eigenvalue weighted by atomic mass is 10.1. The van der Waals surface area contributed by atoms with E-state index in [0.717, 1.165) is 0 Å². The molecular formula is C16H15NO5S. The Kier molecular flexibility index (Phi) is 4.04. The number of hydrogen-bond acceptors (Lipinski definition) is 4. The molecule has 23 heavy (non-hydrogen) atoms. The van der Waals surface area contributed by atoms with E-state index in [1.807, 2.05) is 0 Å². The Morgan fingerprint density at radius 2 is 2.30 bits per heavy atom. The first-order valence-electron chi connectivity index (χ1n) is 7.08. The van der Waals surface area contributed by atoms with Gasteiger partial charge in [-0.25, -0.2) is 0 Å². The summed E-state index contributed by atoms with van der Waals surface area (Å²) in [4.78, 5) is 24.4. The lowest BCUT2D eigenvalue weighted by molar-refractivity contribution is -0.138. The summed E-state index contributed by atoms with van der Waals surface area (Å²) in [5.41, 5.74) is 0.763.